The maximum atomic E-state index is 10.0. The second-order valence-electron chi connectivity index (χ2n) is 2.50. The fourth-order valence-corrected chi connectivity index (χ4v) is 1.96. The quantitative estimate of drug-likeness (QED) is 0.589. The van der Waals surface area contributed by atoms with Crippen molar-refractivity contribution in [3.8, 4) is 11.8 Å². The number of hydrogen-bond donors (Lipinski definition) is 1. The molecule has 1 rings (SSSR count). The number of thioether (sulfide) groups is 1. The van der Waals surface area contributed by atoms with Crippen molar-refractivity contribution in [1.29, 1.82) is 0 Å². The van der Waals surface area contributed by atoms with Gasteiger partial charge in [-0.2, -0.15) is 11.8 Å². The maximum absolute atomic E-state index is 10.0. The summed E-state index contributed by atoms with van der Waals surface area (Å²) in [5.74, 6) is 5.96. The third-order valence-corrected chi connectivity index (χ3v) is 2.54. The molecular formula is C8H11NO2S. The number of carboxylic acids is 1. The van der Waals surface area contributed by atoms with Crippen molar-refractivity contribution in [1.82, 2.24) is 4.90 Å². The van der Waals surface area contributed by atoms with Gasteiger partial charge in [-0.3, -0.25) is 4.90 Å². The summed E-state index contributed by atoms with van der Waals surface area (Å²) in [5, 5.41) is 8.25. The van der Waals surface area contributed by atoms with Gasteiger partial charge >= 0.3 is 5.97 Å². The van der Waals surface area contributed by atoms with Crippen LogP contribution in [0.5, 0.6) is 0 Å². The molecule has 66 valence electrons. The number of aliphatic carboxylic acids is 1. The standard InChI is InChI=1S/C8H11NO2S/c10-8(11)2-1-3-9-4-6-12-7-5-9/h3-7H2,(H,10,11). The molecule has 0 radical (unpaired) electrons. The van der Waals surface area contributed by atoms with Crippen LogP contribution >= 0.6 is 11.8 Å². The highest BCUT2D eigenvalue weighted by atomic mass is 32.2. The van der Waals surface area contributed by atoms with Gasteiger partial charge in [0.25, 0.3) is 0 Å². The van der Waals surface area contributed by atoms with Gasteiger partial charge in [0.05, 0.1) is 6.54 Å². The van der Waals surface area contributed by atoms with E-state index in [-0.39, 0.29) is 0 Å². The predicted octanol–water partition coefficient (Wildman–Crippen LogP) is 0.123. The van der Waals surface area contributed by atoms with Crippen LogP contribution in [0.1, 0.15) is 0 Å². The molecule has 0 aliphatic carbocycles. The molecule has 0 aromatic rings. The molecule has 0 aromatic heterocycles. The van der Waals surface area contributed by atoms with E-state index < -0.39 is 5.97 Å². The number of carbonyl (C=O) groups is 1. The van der Waals surface area contributed by atoms with Crippen LogP contribution in [-0.4, -0.2) is 47.1 Å². The lowest BCUT2D eigenvalue weighted by molar-refractivity contribution is -0.130. The van der Waals surface area contributed by atoms with Crippen LogP contribution in [0, 0.1) is 11.8 Å². The molecule has 4 heteroatoms. The molecule has 0 atom stereocenters. The average molecular weight is 185 g/mol. The van der Waals surface area contributed by atoms with Crippen LogP contribution in [0.4, 0.5) is 0 Å². The molecule has 0 unspecified atom stereocenters. The van der Waals surface area contributed by atoms with Gasteiger partial charge in [0.15, 0.2) is 0 Å². The summed E-state index contributed by atoms with van der Waals surface area (Å²) in [6, 6.07) is 0. The van der Waals surface area contributed by atoms with Crippen molar-refractivity contribution in [2.75, 3.05) is 31.1 Å². The molecule has 1 N–H and O–H groups in total. The fraction of sp³-hybridized carbons (Fsp3) is 0.625. The third-order valence-electron chi connectivity index (χ3n) is 1.60. The largest absolute Gasteiger partial charge is 0.472 e. The van der Waals surface area contributed by atoms with Crippen molar-refractivity contribution in [3.05, 3.63) is 0 Å². The Morgan fingerprint density at radius 3 is 2.75 bits per heavy atom. The lowest BCUT2D eigenvalue weighted by atomic mass is 10.4. The molecule has 1 heterocycles. The Hall–Kier alpha value is -0.660. The lowest BCUT2D eigenvalue weighted by Gasteiger charge is -2.23. The molecule has 0 spiro atoms. The predicted molar refractivity (Wildman–Crippen MR) is 49.2 cm³/mol. The van der Waals surface area contributed by atoms with Gasteiger partial charge in [-0.15, -0.1) is 0 Å². The SMILES string of the molecule is O=C(O)C#CCN1CCSCC1. The second kappa shape index (κ2) is 5.07. The first-order valence-corrected chi connectivity index (χ1v) is 4.96. The molecule has 0 amide bonds. The summed E-state index contributed by atoms with van der Waals surface area (Å²) in [7, 11) is 0. The monoisotopic (exact) mass is 185 g/mol. The zero-order valence-corrected chi connectivity index (χ0v) is 7.56. The number of carboxylic acid groups (broad SMARTS) is 1. The first kappa shape index (κ1) is 9.43. The minimum absolute atomic E-state index is 0.590. The minimum atomic E-state index is -1.04. The topological polar surface area (TPSA) is 40.5 Å². The van der Waals surface area contributed by atoms with Crippen LogP contribution < -0.4 is 0 Å². The molecular weight excluding hydrogens is 174 g/mol. The van der Waals surface area contributed by atoms with E-state index in [0.717, 1.165) is 24.6 Å². The van der Waals surface area contributed by atoms with Gasteiger partial charge in [0.2, 0.25) is 0 Å². The Morgan fingerprint density at radius 1 is 1.50 bits per heavy atom. The minimum Gasteiger partial charge on any atom is -0.472 e. The molecule has 3 nitrogen and oxygen atoms in total. The van der Waals surface area contributed by atoms with Crippen molar-refractivity contribution in [2.45, 2.75) is 0 Å². The van der Waals surface area contributed by atoms with E-state index in [9.17, 15) is 4.79 Å². The van der Waals surface area contributed by atoms with Gasteiger partial charge in [-0.1, -0.05) is 5.92 Å². The molecule has 1 saturated heterocycles. The van der Waals surface area contributed by atoms with E-state index in [2.05, 4.69) is 16.7 Å². The lowest BCUT2D eigenvalue weighted by Crippen LogP contribution is -2.32. The van der Waals surface area contributed by atoms with E-state index in [1.807, 2.05) is 11.8 Å². The number of rotatable bonds is 1. The summed E-state index contributed by atoms with van der Waals surface area (Å²) in [6.07, 6.45) is 0. The van der Waals surface area contributed by atoms with Crippen molar-refractivity contribution < 1.29 is 9.90 Å². The highest BCUT2D eigenvalue weighted by Crippen LogP contribution is 2.07. The normalized spacial score (nSPS) is 18.0. The molecule has 12 heavy (non-hydrogen) atoms. The number of hydrogen-bond acceptors (Lipinski definition) is 3. The first-order valence-electron chi connectivity index (χ1n) is 3.81. The van der Waals surface area contributed by atoms with Crippen LogP contribution in [0.15, 0.2) is 0 Å². The summed E-state index contributed by atoms with van der Waals surface area (Å²) < 4.78 is 0. The van der Waals surface area contributed by atoms with Gasteiger partial charge < -0.3 is 5.11 Å². The van der Waals surface area contributed by atoms with Crippen LogP contribution in [0.25, 0.3) is 0 Å². The van der Waals surface area contributed by atoms with Gasteiger partial charge in [0, 0.05) is 30.5 Å². The van der Waals surface area contributed by atoms with E-state index in [1.54, 1.807) is 0 Å². The summed E-state index contributed by atoms with van der Waals surface area (Å²) in [5.41, 5.74) is 0. The summed E-state index contributed by atoms with van der Waals surface area (Å²) >= 11 is 1.93. The molecule has 0 saturated carbocycles. The van der Waals surface area contributed by atoms with Crippen molar-refractivity contribution >= 4 is 17.7 Å². The smallest absolute Gasteiger partial charge is 0.381 e. The average Bonchev–Trinajstić information content (AvgIpc) is 2.05. The van der Waals surface area contributed by atoms with Crippen LogP contribution in [0.2, 0.25) is 0 Å². The Bertz CT molecular complexity index is 213. The van der Waals surface area contributed by atoms with Crippen molar-refractivity contribution in [2.24, 2.45) is 0 Å². The van der Waals surface area contributed by atoms with Gasteiger partial charge in [0.1, 0.15) is 0 Å². The second-order valence-corrected chi connectivity index (χ2v) is 3.72. The van der Waals surface area contributed by atoms with Gasteiger partial charge in [-0.05, 0) is 0 Å². The van der Waals surface area contributed by atoms with Crippen LogP contribution in [0.3, 0.4) is 0 Å². The summed E-state index contributed by atoms with van der Waals surface area (Å²) in [6.45, 7) is 2.64. The molecule has 1 fully saturated rings. The zero-order valence-electron chi connectivity index (χ0n) is 6.75. The molecule has 0 aromatic carbocycles. The Kier molecular flexibility index (Phi) is 3.98. The van der Waals surface area contributed by atoms with E-state index >= 15 is 0 Å². The Labute approximate surface area is 76.1 Å². The Balaban J connectivity index is 2.22. The third kappa shape index (κ3) is 3.65. The van der Waals surface area contributed by atoms with E-state index in [0.29, 0.717) is 6.54 Å². The van der Waals surface area contributed by atoms with Gasteiger partial charge in [-0.25, -0.2) is 4.79 Å². The van der Waals surface area contributed by atoms with Crippen LogP contribution in [-0.2, 0) is 4.79 Å². The highest BCUT2D eigenvalue weighted by molar-refractivity contribution is 7.99. The van der Waals surface area contributed by atoms with E-state index in [1.165, 1.54) is 0 Å². The highest BCUT2D eigenvalue weighted by Gasteiger charge is 2.07. The maximum Gasteiger partial charge on any atom is 0.381 e. The fourth-order valence-electron chi connectivity index (χ4n) is 0.986. The van der Waals surface area contributed by atoms with Crippen molar-refractivity contribution in [3.63, 3.8) is 0 Å². The summed E-state index contributed by atoms with van der Waals surface area (Å²) in [4.78, 5) is 12.2. The molecule has 1 aliphatic rings. The molecule has 1 aliphatic heterocycles. The van der Waals surface area contributed by atoms with E-state index in [4.69, 9.17) is 5.11 Å². The zero-order chi connectivity index (χ0) is 8.81. The molecule has 0 bridgehead atoms. The Morgan fingerprint density at radius 2 is 2.17 bits per heavy atom. The number of nitrogens with zero attached hydrogens (tertiary/aromatic N) is 1. The first-order chi connectivity index (χ1) is 5.79.